The molecular formula is C21H31N3O5S. The van der Waals surface area contributed by atoms with Crippen LogP contribution in [0.1, 0.15) is 57.4 Å². The normalized spacial score (nSPS) is 23.8. The number of piperidine rings is 1. The maximum absolute atomic E-state index is 13.0. The van der Waals surface area contributed by atoms with Gasteiger partial charge in [0.25, 0.3) is 5.69 Å². The Balaban J connectivity index is 1.59. The predicted molar refractivity (Wildman–Crippen MR) is 113 cm³/mol. The molecule has 166 valence electrons. The highest BCUT2D eigenvalue weighted by Crippen LogP contribution is 2.30. The quantitative estimate of drug-likeness (QED) is 0.542. The van der Waals surface area contributed by atoms with Gasteiger partial charge in [-0.3, -0.25) is 14.9 Å². The maximum atomic E-state index is 13.0. The van der Waals surface area contributed by atoms with Gasteiger partial charge < -0.3 is 5.32 Å². The number of amides is 1. The fourth-order valence-electron chi connectivity index (χ4n) is 4.51. The molecule has 1 saturated carbocycles. The van der Waals surface area contributed by atoms with E-state index in [1.807, 2.05) is 0 Å². The van der Waals surface area contributed by atoms with Crippen LogP contribution in [0.4, 0.5) is 5.69 Å². The van der Waals surface area contributed by atoms with Gasteiger partial charge in [0.05, 0.1) is 9.82 Å². The first-order valence-corrected chi connectivity index (χ1v) is 12.2. The molecule has 0 radical (unpaired) electrons. The summed E-state index contributed by atoms with van der Waals surface area (Å²) in [5.41, 5.74) is 0.231. The Morgan fingerprint density at radius 1 is 1.17 bits per heavy atom. The summed E-state index contributed by atoms with van der Waals surface area (Å²) in [5, 5.41) is 14.2. The molecule has 1 aromatic carbocycles. The van der Waals surface area contributed by atoms with Crippen molar-refractivity contribution in [2.45, 2.75) is 69.7 Å². The molecule has 2 fully saturated rings. The van der Waals surface area contributed by atoms with Gasteiger partial charge in [0.15, 0.2) is 0 Å². The fraction of sp³-hybridized carbons (Fsp3) is 0.667. The molecule has 8 nitrogen and oxygen atoms in total. The van der Waals surface area contributed by atoms with E-state index in [-0.39, 0.29) is 41.5 Å². The lowest BCUT2D eigenvalue weighted by Gasteiger charge is -2.33. The minimum atomic E-state index is -3.84. The van der Waals surface area contributed by atoms with Crippen LogP contribution in [0.25, 0.3) is 0 Å². The van der Waals surface area contributed by atoms with Gasteiger partial charge in [0.2, 0.25) is 15.9 Å². The summed E-state index contributed by atoms with van der Waals surface area (Å²) in [6, 6.07) is 4.11. The standard InChI is InChI=1S/C21H31N3O5S/c1-3-16-5-7-18(8-6-16)22-21(25)17-10-12-23(13-11-17)30(28,29)20-14-19(24(26)27)9-4-15(20)2/h4,9,14,16-18H,3,5-8,10-13H2,1-2H3,(H,22,25). The molecule has 1 saturated heterocycles. The molecule has 1 aliphatic heterocycles. The highest BCUT2D eigenvalue weighted by Gasteiger charge is 2.34. The van der Waals surface area contributed by atoms with Crippen LogP contribution >= 0.6 is 0 Å². The molecule has 1 aromatic rings. The SMILES string of the molecule is CCC1CCC(NC(=O)C2CCN(S(=O)(=O)c3cc([N+](=O)[O-])ccc3C)CC2)CC1. The van der Waals surface area contributed by atoms with E-state index in [1.54, 1.807) is 6.92 Å². The topological polar surface area (TPSA) is 110 Å². The van der Waals surface area contributed by atoms with E-state index in [0.717, 1.165) is 37.7 Å². The highest BCUT2D eigenvalue weighted by atomic mass is 32.2. The van der Waals surface area contributed by atoms with Crippen molar-refractivity contribution in [3.63, 3.8) is 0 Å². The number of nitrogens with one attached hydrogen (secondary N) is 1. The maximum Gasteiger partial charge on any atom is 0.270 e. The van der Waals surface area contributed by atoms with Gasteiger partial charge >= 0.3 is 0 Å². The predicted octanol–water partition coefficient (Wildman–Crippen LogP) is 3.39. The Hall–Kier alpha value is -2.00. The molecule has 1 amide bonds. The Labute approximate surface area is 178 Å². The lowest BCUT2D eigenvalue weighted by atomic mass is 9.84. The van der Waals surface area contributed by atoms with Crippen molar-refractivity contribution < 1.29 is 18.1 Å². The zero-order valence-electron chi connectivity index (χ0n) is 17.7. The van der Waals surface area contributed by atoms with Crippen LogP contribution in [-0.4, -0.2) is 42.7 Å². The first kappa shape index (κ1) is 22.7. The molecule has 1 N–H and O–H groups in total. The number of non-ortho nitro benzene ring substituents is 1. The van der Waals surface area contributed by atoms with E-state index >= 15 is 0 Å². The van der Waals surface area contributed by atoms with Crippen LogP contribution in [-0.2, 0) is 14.8 Å². The zero-order chi connectivity index (χ0) is 21.9. The van der Waals surface area contributed by atoms with Gasteiger partial charge in [-0.25, -0.2) is 8.42 Å². The summed E-state index contributed by atoms with van der Waals surface area (Å²) < 4.78 is 27.4. The number of nitro groups is 1. The van der Waals surface area contributed by atoms with Crippen molar-refractivity contribution >= 4 is 21.6 Å². The molecule has 1 aliphatic carbocycles. The Bertz CT molecular complexity index is 886. The van der Waals surface area contributed by atoms with E-state index in [1.165, 1.54) is 22.9 Å². The van der Waals surface area contributed by atoms with Crippen molar-refractivity contribution in [1.29, 1.82) is 0 Å². The van der Waals surface area contributed by atoms with Gasteiger partial charge in [0.1, 0.15) is 0 Å². The number of hydrogen-bond donors (Lipinski definition) is 1. The van der Waals surface area contributed by atoms with E-state index in [4.69, 9.17) is 0 Å². The van der Waals surface area contributed by atoms with E-state index < -0.39 is 14.9 Å². The number of carbonyl (C=O) groups excluding carboxylic acids is 1. The van der Waals surface area contributed by atoms with Crippen molar-refractivity contribution in [2.24, 2.45) is 11.8 Å². The zero-order valence-corrected chi connectivity index (χ0v) is 18.5. The number of nitrogens with zero attached hydrogens (tertiary/aromatic N) is 2. The summed E-state index contributed by atoms with van der Waals surface area (Å²) in [4.78, 5) is 23.1. The van der Waals surface area contributed by atoms with E-state index in [9.17, 15) is 23.3 Å². The fourth-order valence-corrected chi connectivity index (χ4v) is 6.23. The number of carbonyl (C=O) groups is 1. The van der Waals surface area contributed by atoms with Crippen LogP contribution in [0.5, 0.6) is 0 Å². The monoisotopic (exact) mass is 437 g/mol. The third-order valence-electron chi connectivity index (χ3n) is 6.60. The number of nitro benzene ring substituents is 1. The van der Waals surface area contributed by atoms with Gasteiger partial charge in [-0.05, 0) is 56.9 Å². The van der Waals surface area contributed by atoms with Gasteiger partial charge in [-0.15, -0.1) is 0 Å². The Kier molecular flexibility index (Phi) is 7.13. The minimum Gasteiger partial charge on any atom is -0.353 e. The number of hydrogen-bond acceptors (Lipinski definition) is 5. The molecule has 2 aliphatic rings. The number of benzene rings is 1. The van der Waals surface area contributed by atoms with Gasteiger partial charge in [-0.1, -0.05) is 19.4 Å². The molecule has 0 atom stereocenters. The molecule has 30 heavy (non-hydrogen) atoms. The Morgan fingerprint density at radius 2 is 1.80 bits per heavy atom. The summed E-state index contributed by atoms with van der Waals surface area (Å²) >= 11 is 0. The highest BCUT2D eigenvalue weighted by molar-refractivity contribution is 7.89. The number of rotatable bonds is 6. The van der Waals surface area contributed by atoms with E-state index in [0.29, 0.717) is 18.4 Å². The van der Waals surface area contributed by atoms with Crippen molar-refractivity contribution in [2.75, 3.05) is 13.1 Å². The second kappa shape index (κ2) is 9.43. The molecule has 3 rings (SSSR count). The average Bonchev–Trinajstić information content (AvgIpc) is 2.74. The molecule has 0 bridgehead atoms. The van der Waals surface area contributed by atoms with Crippen molar-refractivity contribution in [3.05, 3.63) is 33.9 Å². The minimum absolute atomic E-state index is 0.0264. The average molecular weight is 438 g/mol. The lowest BCUT2D eigenvalue weighted by Crippen LogP contribution is -2.46. The van der Waals surface area contributed by atoms with Crippen LogP contribution in [0.15, 0.2) is 23.1 Å². The second-order valence-electron chi connectivity index (χ2n) is 8.52. The van der Waals surface area contributed by atoms with Gasteiger partial charge in [0, 0.05) is 37.2 Å². The third kappa shape index (κ3) is 5.00. The summed E-state index contributed by atoms with van der Waals surface area (Å²) in [6.45, 7) is 4.32. The van der Waals surface area contributed by atoms with Crippen LogP contribution in [0, 0.1) is 28.9 Å². The Morgan fingerprint density at radius 3 is 2.37 bits per heavy atom. The molecule has 9 heteroatoms. The smallest absolute Gasteiger partial charge is 0.270 e. The van der Waals surface area contributed by atoms with Crippen LogP contribution in [0.2, 0.25) is 0 Å². The summed E-state index contributed by atoms with van der Waals surface area (Å²) in [6.07, 6.45) is 6.46. The first-order chi connectivity index (χ1) is 14.2. The number of aryl methyl sites for hydroxylation is 1. The molecule has 0 aromatic heterocycles. The molecule has 0 unspecified atom stereocenters. The lowest BCUT2D eigenvalue weighted by molar-refractivity contribution is -0.385. The molecule has 1 heterocycles. The van der Waals surface area contributed by atoms with Crippen LogP contribution < -0.4 is 5.32 Å². The largest absolute Gasteiger partial charge is 0.353 e. The van der Waals surface area contributed by atoms with Crippen molar-refractivity contribution in [1.82, 2.24) is 9.62 Å². The summed E-state index contributed by atoms with van der Waals surface area (Å²) in [7, 11) is -3.84. The third-order valence-corrected chi connectivity index (χ3v) is 8.64. The second-order valence-corrected chi connectivity index (χ2v) is 10.4. The van der Waals surface area contributed by atoms with E-state index in [2.05, 4.69) is 12.2 Å². The molecule has 0 spiro atoms. The van der Waals surface area contributed by atoms with Gasteiger partial charge in [-0.2, -0.15) is 4.31 Å². The first-order valence-electron chi connectivity index (χ1n) is 10.8. The van der Waals surface area contributed by atoms with Crippen LogP contribution in [0.3, 0.4) is 0 Å². The van der Waals surface area contributed by atoms with Crippen molar-refractivity contribution in [3.8, 4) is 0 Å². The summed E-state index contributed by atoms with van der Waals surface area (Å²) in [5.74, 6) is 0.606. The number of sulfonamides is 1. The molecular weight excluding hydrogens is 406 g/mol.